The molecule has 0 aliphatic rings. The van der Waals surface area contributed by atoms with Crippen molar-refractivity contribution in [2.45, 2.75) is 19.6 Å². The van der Waals surface area contributed by atoms with Gasteiger partial charge in [0.2, 0.25) is 0 Å². The number of aromatic nitrogens is 4. The molecule has 1 aromatic carbocycles. The van der Waals surface area contributed by atoms with Crippen LogP contribution in [-0.4, -0.2) is 31.3 Å². The minimum Gasteiger partial charge on any atom is -0.394 e. The zero-order valence-corrected chi connectivity index (χ0v) is 12.3. The summed E-state index contributed by atoms with van der Waals surface area (Å²) < 4.78 is 3.64. The molecule has 2 N–H and O–H groups in total. The van der Waals surface area contributed by atoms with Crippen molar-refractivity contribution in [3.8, 4) is 0 Å². The third-order valence-corrected chi connectivity index (χ3v) is 3.33. The van der Waals surface area contributed by atoms with E-state index >= 15 is 0 Å². The van der Waals surface area contributed by atoms with Crippen LogP contribution in [0, 0.1) is 0 Å². The van der Waals surface area contributed by atoms with Crippen LogP contribution in [-0.2, 0) is 19.6 Å². The van der Waals surface area contributed by atoms with Gasteiger partial charge >= 0.3 is 0 Å². The molecular weight excluding hydrogens is 278 g/mol. The summed E-state index contributed by atoms with van der Waals surface area (Å²) in [4.78, 5) is 0. The quantitative estimate of drug-likeness (QED) is 0.697. The lowest BCUT2D eigenvalue weighted by Crippen LogP contribution is -2.02. The summed E-state index contributed by atoms with van der Waals surface area (Å²) >= 11 is 0. The highest BCUT2D eigenvalue weighted by molar-refractivity contribution is 5.38. The van der Waals surface area contributed by atoms with E-state index in [2.05, 4.69) is 27.6 Å². The van der Waals surface area contributed by atoms with Crippen LogP contribution in [0.4, 0.5) is 5.69 Å². The number of nitrogens with zero attached hydrogens (tertiary/aromatic N) is 4. The Labute approximate surface area is 129 Å². The van der Waals surface area contributed by atoms with Crippen molar-refractivity contribution >= 4 is 5.69 Å². The molecule has 2 heterocycles. The van der Waals surface area contributed by atoms with E-state index in [4.69, 9.17) is 5.11 Å². The van der Waals surface area contributed by atoms with Gasteiger partial charge < -0.3 is 10.4 Å². The Morgan fingerprint density at radius 2 is 1.77 bits per heavy atom. The molecule has 0 atom stereocenters. The third-order valence-electron chi connectivity index (χ3n) is 3.33. The van der Waals surface area contributed by atoms with Gasteiger partial charge in [0.05, 0.1) is 37.8 Å². The summed E-state index contributed by atoms with van der Waals surface area (Å²) in [6, 6.07) is 10.3. The zero-order chi connectivity index (χ0) is 15.2. The third kappa shape index (κ3) is 3.73. The maximum atomic E-state index is 8.87. The fourth-order valence-corrected chi connectivity index (χ4v) is 2.24. The van der Waals surface area contributed by atoms with Gasteiger partial charge in [0.15, 0.2) is 0 Å². The van der Waals surface area contributed by atoms with E-state index in [9.17, 15) is 0 Å². The van der Waals surface area contributed by atoms with Crippen LogP contribution >= 0.6 is 0 Å². The lowest BCUT2D eigenvalue weighted by molar-refractivity contribution is 0.269. The Morgan fingerprint density at radius 1 is 0.955 bits per heavy atom. The maximum absolute atomic E-state index is 8.87. The van der Waals surface area contributed by atoms with Crippen LogP contribution in [0.2, 0.25) is 0 Å². The number of benzene rings is 1. The van der Waals surface area contributed by atoms with E-state index in [0.717, 1.165) is 17.8 Å². The molecule has 0 bridgehead atoms. The van der Waals surface area contributed by atoms with Gasteiger partial charge in [0.1, 0.15) is 0 Å². The Bertz CT molecular complexity index is 704. The summed E-state index contributed by atoms with van der Waals surface area (Å²) in [6.45, 7) is 2.07. The minimum atomic E-state index is 0.0907. The minimum absolute atomic E-state index is 0.0907. The fourth-order valence-electron chi connectivity index (χ4n) is 2.24. The Kier molecular flexibility index (Phi) is 4.50. The first kappa shape index (κ1) is 14.3. The molecule has 0 spiro atoms. The van der Waals surface area contributed by atoms with Crippen LogP contribution in [0.3, 0.4) is 0 Å². The van der Waals surface area contributed by atoms with Crippen molar-refractivity contribution in [1.29, 1.82) is 0 Å². The number of nitrogens with one attached hydrogen (secondary N) is 1. The average molecular weight is 297 g/mol. The molecule has 6 heteroatoms. The molecule has 2 aromatic heterocycles. The number of anilines is 1. The average Bonchev–Trinajstić information content (AvgIpc) is 3.16. The summed E-state index contributed by atoms with van der Waals surface area (Å²) in [6.07, 6.45) is 7.54. The molecule has 3 rings (SSSR count). The number of aliphatic hydroxyl groups is 1. The van der Waals surface area contributed by atoms with Crippen LogP contribution in [0.15, 0.2) is 55.1 Å². The SMILES string of the molecule is OCCn1cc(NCc2cnn(Cc3ccccc3)c2)cn1. The molecule has 0 aliphatic carbocycles. The lowest BCUT2D eigenvalue weighted by atomic mass is 10.2. The van der Waals surface area contributed by atoms with E-state index < -0.39 is 0 Å². The smallest absolute Gasteiger partial charge is 0.0729 e. The topological polar surface area (TPSA) is 67.9 Å². The molecule has 0 saturated heterocycles. The normalized spacial score (nSPS) is 10.8. The molecule has 0 unspecified atom stereocenters. The molecule has 0 fully saturated rings. The van der Waals surface area contributed by atoms with E-state index in [0.29, 0.717) is 13.1 Å². The number of hydrogen-bond donors (Lipinski definition) is 2. The van der Waals surface area contributed by atoms with Gasteiger partial charge in [0.25, 0.3) is 0 Å². The van der Waals surface area contributed by atoms with Gasteiger partial charge in [-0.1, -0.05) is 30.3 Å². The van der Waals surface area contributed by atoms with Crippen LogP contribution in [0.5, 0.6) is 0 Å². The van der Waals surface area contributed by atoms with E-state index in [1.165, 1.54) is 5.56 Å². The van der Waals surface area contributed by atoms with Crippen molar-refractivity contribution in [2.24, 2.45) is 0 Å². The van der Waals surface area contributed by atoms with E-state index in [1.54, 1.807) is 10.9 Å². The van der Waals surface area contributed by atoms with Crippen molar-refractivity contribution < 1.29 is 5.11 Å². The van der Waals surface area contributed by atoms with E-state index in [1.807, 2.05) is 41.5 Å². The second-order valence-electron chi connectivity index (χ2n) is 5.10. The van der Waals surface area contributed by atoms with E-state index in [-0.39, 0.29) is 6.61 Å². The second kappa shape index (κ2) is 6.91. The second-order valence-corrected chi connectivity index (χ2v) is 5.10. The van der Waals surface area contributed by atoms with Crippen LogP contribution in [0.25, 0.3) is 0 Å². The largest absolute Gasteiger partial charge is 0.394 e. The fraction of sp³-hybridized carbons (Fsp3) is 0.250. The van der Waals surface area contributed by atoms with Crippen LogP contribution in [0.1, 0.15) is 11.1 Å². The lowest BCUT2D eigenvalue weighted by Gasteiger charge is -2.02. The molecule has 0 amide bonds. The summed E-state index contributed by atoms with van der Waals surface area (Å²) in [7, 11) is 0. The highest BCUT2D eigenvalue weighted by Gasteiger charge is 2.02. The Balaban J connectivity index is 1.55. The van der Waals surface area contributed by atoms with Crippen molar-refractivity contribution in [2.75, 3.05) is 11.9 Å². The molecule has 3 aromatic rings. The first-order chi connectivity index (χ1) is 10.8. The first-order valence-corrected chi connectivity index (χ1v) is 7.26. The molecule has 0 radical (unpaired) electrons. The number of hydrogen-bond acceptors (Lipinski definition) is 4. The highest BCUT2D eigenvalue weighted by Crippen LogP contribution is 2.09. The first-order valence-electron chi connectivity index (χ1n) is 7.26. The summed E-state index contributed by atoms with van der Waals surface area (Å²) in [5.74, 6) is 0. The number of aliphatic hydroxyl groups excluding tert-OH is 1. The Hall–Kier alpha value is -2.60. The molecule has 0 aliphatic heterocycles. The molecule has 6 nitrogen and oxygen atoms in total. The molecule has 0 saturated carbocycles. The van der Waals surface area contributed by atoms with Gasteiger partial charge in [-0.15, -0.1) is 0 Å². The van der Waals surface area contributed by atoms with Gasteiger partial charge in [-0.25, -0.2) is 0 Å². The monoisotopic (exact) mass is 297 g/mol. The van der Waals surface area contributed by atoms with Crippen molar-refractivity contribution in [3.63, 3.8) is 0 Å². The van der Waals surface area contributed by atoms with Gasteiger partial charge in [-0.05, 0) is 5.56 Å². The predicted octanol–water partition coefficient (Wildman–Crippen LogP) is 1.73. The molecular formula is C16H19N5O. The van der Waals surface area contributed by atoms with Gasteiger partial charge in [-0.3, -0.25) is 9.36 Å². The summed E-state index contributed by atoms with van der Waals surface area (Å²) in [5, 5.41) is 20.7. The maximum Gasteiger partial charge on any atom is 0.0729 e. The Morgan fingerprint density at radius 3 is 2.59 bits per heavy atom. The van der Waals surface area contributed by atoms with Crippen molar-refractivity contribution in [3.05, 3.63) is 66.2 Å². The molecule has 114 valence electrons. The van der Waals surface area contributed by atoms with Crippen LogP contribution < -0.4 is 5.32 Å². The molecule has 22 heavy (non-hydrogen) atoms. The highest BCUT2D eigenvalue weighted by atomic mass is 16.3. The van der Waals surface area contributed by atoms with Gasteiger partial charge in [0, 0.05) is 24.5 Å². The zero-order valence-electron chi connectivity index (χ0n) is 12.3. The standard InChI is InChI=1S/C16H19N5O/c22-7-6-20-13-16(10-19-20)17-8-15-9-18-21(12-15)11-14-4-2-1-3-5-14/h1-5,9-10,12-13,17,22H,6-8,11H2. The number of rotatable bonds is 7. The van der Waals surface area contributed by atoms with Crippen molar-refractivity contribution in [1.82, 2.24) is 19.6 Å². The summed E-state index contributed by atoms with van der Waals surface area (Å²) in [5.41, 5.74) is 3.28. The predicted molar refractivity (Wildman–Crippen MR) is 84.4 cm³/mol. The van der Waals surface area contributed by atoms with Gasteiger partial charge in [-0.2, -0.15) is 10.2 Å².